The lowest BCUT2D eigenvalue weighted by atomic mass is 9.94. The minimum Gasteiger partial charge on any atom is -0.377 e. The molecule has 0 aromatic rings. The number of ether oxygens (including phenoxy) is 1. The second-order valence-electron chi connectivity index (χ2n) is 5.41. The van der Waals surface area contributed by atoms with Crippen molar-refractivity contribution >= 4 is 11.6 Å². The molecule has 0 amide bonds. The van der Waals surface area contributed by atoms with Crippen LogP contribution in [0.2, 0.25) is 0 Å². The number of nitrogens with zero attached hydrogens (tertiary/aromatic N) is 1. The number of methoxy groups -OCH3 is 1. The molecule has 2 atom stereocenters. The van der Waals surface area contributed by atoms with Gasteiger partial charge in [-0.05, 0) is 51.6 Å². The second-order valence-corrected chi connectivity index (χ2v) is 5.78. The molecule has 1 rings (SSSR count). The fourth-order valence-corrected chi connectivity index (χ4v) is 2.77. The molecular weight excluding hydrogens is 222 g/mol. The van der Waals surface area contributed by atoms with Crippen molar-refractivity contribution < 1.29 is 4.74 Å². The third-order valence-electron chi connectivity index (χ3n) is 3.77. The van der Waals surface area contributed by atoms with E-state index in [1.54, 1.807) is 0 Å². The van der Waals surface area contributed by atoms with E-state index in [1.165, 1.54) is 32.4 Å². The summed E-state index contributed by atoms with van der Waals surface area (Å²) < 4.78 is 5.60. The summed E-state index contributed by atoms with van der Waals surface area (Å²) in [6, 6.07) is 0. The molecule has 0 aliphatic carbocycles. The lowest BCUT2D eigenvalue weighted by molar-refractivity contribution is -0.0514. The maximum atomic E-state index is 5.75. The van der Waals surface area contributed by atoms with Gasteiger partial charge in [0, 0.05) is 19.5 Å². The molecule has 3 heteroatoms. The second kappa shape index (κ2) is 6.83. The van der Waals surface area contributed by atoms with Gasteiger partial charge in [0.25, 0.3) is 0 Å². The highest BCUT2D eigenvalue weighted by molar-refractivity contribution is 6.17. The topological polar surface area (TPSA) is 12.5 Å². The number of likely N-dealkylation sites (tertiary alicyclic amines) is 1. The molecule has 16 heavy (non-hydrogen) atoms. The molecule has 0 aromatic heterocycles. The Morgan fingerprint density at radius 1 is 1.44 bits per heavy atom. The Labute approximate surface area is 105 Å². The standard InChI is InChI=1S/C13H26ClNO/c1-12(5-8-14)6-10-15-9-4-7-13(2,11-15)16-3/h12H,4-11H2,1-3H3. The zero-order valence-corrected chi connectivity index (χ0v) is 11.7. The van der Waals surface area contributed by atoms with Crippen molar-refractivity contribution in [1.29, 1.82) is 0 Å². The number of alkyl halides is 1. The molecule has 1 heterocycles. The van der Waals surface area contributed by atoms with Crippen molar-refractivity contribution in [3.8, 4) is 0 Å². The molecule has 96 valence electrons. The van der Waals surface area contributed by atoms with Gasteiger partial charge in [-0.3, -0.25) is 0 Å². The van der Waals surface area contributed by atoms with Gasteiger partial charge in [0.2, 0.25) is 0 Å². The van der Waals surface area contributed by atoms with Gasteiger partial charge in [-0.15, -0.1) is 11.6 Å². The smallest absolute Gasteiger partial charge is 0.0777 e. The molecule has 2 unspecified atom stereocenters. The van der Waals surface area contributed by atoms with E-state index in [4.69, 9.17) is 16.3 Å². The van der Waals surface area contributed by atoms with Crippen LogP contribution >= 0.6 is 11.6 Å². The van der Waals surface area contributed by atoms with Crippen molar-refractivity contribution in [2.75, 3.05) is 32.6 Å². The molecule has 1 aliphatic heterocycles. The molecule has 0 aromatic carbocycles. The molecule has 2 nitrogen and oxygen atoms in total. The average molecular weight is 248 g/mol. The molecular formula is C13H26ClNO. The largest absolute Gasteiger partial charge is 0.377 e. The predicted octanol–water partition coefficient (Wildman–Crippen LogP) is 3.14. The summed E-state index contributed by atoms with van der Waals surface area (Å²) in [4.78, 5) is 2.54. The maximum Gasteiger partial charge on any atom is 0.0777 e. The number of hydrogen-bond donors (Lipinski definition) is 0. The van der Waals surface area contributed by atoms with Gasteiger partial charge in [0.05, 0.1) is 5.60 Å². The van der Waals surface area contributed by atoms with Crippen molar-refractivity contribution in [1.82, 2.24) is 4.90 Å². The monoisotopic (exact) mass is 247 g/mol. The van der Waals surface area contributed by atoms with Crippen LogP contribution in [0, 0.1) is 5.92 Å². The van der Waals surface area contributed by atoms with Gasteiger partial charge < -0.3 is 9.64 Å². The Hall–Kier alpha value is 0.210. The Balaban J connectivity index is 2.27. The quantitative estimate of drug-likeness (QED) is 0.669. The lowest BCUT2D eigenvalue weighted by Crippen LogP contribution is -2.47. The van der Waals surface area contributed by atoms with Gasteiger partial charge in [-0.1, -0.05) is 6.92 Å². The first kappa shape index (κ1) is 14.3. The first-order valence-electron chi connectivity index (χ1n) is 6.43. The van der Waals surface area contributed by atoms with E-state index in [0.29, 0.717) is 0 Å². The zero-order valence-electron chi connectivity index (χ0n) is 11.0. The van der Waals surface area contributed by atoms with Crippen LogP contribution in [-0.2, 0) is 4.74 Å². The maximum absolute atomic E-state index is 5.75. The van der Waals surface area contributed by atoms with Gasteiger partial charge in [-0.25, -0.2) is 0 Å². The molecule has 0 spiro atoms. The average Bonchev–Trinajstić information content (AvgIpc) is 2.27. The van der Waals surface area contributed by atoms with E-state index in [-0.39, 0.29) is 5.60 Å². The van der Waals surface area contributed by atoms with Crippen LogP contribution in [0.15, 0.2) is 0 Å². The number of halogens is 1. The van der Waals surface area contributed by atoms with Gasteiger partial charge in [0.15, 0.2) is 0 Å². The summed E-state index contributed by atoms with van der Waals surface area (Å²) in [5.41, 5.74) is 0.0774. The summed E-state index contributed by atoms with van der Waals surface area (Å²) in [6.07, 6.45) is 4.84. The summed E-state index contributed by atoms with van der Waals surface area (Å²) >= 11 is 5.75. The van der Waals surface area contributed by atoms with Crippen LogP contribution < -0.4 is 0 Å². The third kappa shape index (κ3) is 4.60. The molecule has 0 saturated carbocycles. The molecule has 1 fully saturated rings. The van der Waals surface area contributed by atoms with Crippen LogP contribution in [-0.4, -0.2) is 43.1 Å². The van der Waals surface area contributed by atoms with Gasteiger partial charge in [0.1, 0.15) is 0 Å². The Bertz CT molecular complexity index is 200. The van der Waals surface area contributed by atoms with Crippen LogP contribution in [0.25, 0.3) is 0 Å². The van der Waals surface area contributed by atoms with Crippen molar-refractivity contribution in [3.05, 3.63) is 0 Å². The Kier molecular flexibility index (Phi) is 6.09. The first-order chi connectivity index (χ1) is 7.59. The normalized spacial score (nSPS) is 29.2. The van der Waals surface area contributed by atoms with E-state index < -0.39 is 0 Å². The predicted molar refractivity (Wildman–Crippen MR) is 70.2 cm³/mol. The summed E-state index contributed by atoms with van der Waals surface area (Å²) in [5.74, 6) is 1.53. The Morgan fingerprint density at radius 3 is 2.81 bits per heavy atom. The minimum absolute atomic E-state index is 0.0774. The minimum atomic E-state index is 0.0774. The Morgan fingerprint density at radius 2 is 2.19 bits per heavy atom. The first-order valence-corrected chi connectivity index (χ1v) is 6.96. The molecule has 0 N–H and O–H groups in total. The van der Waals surface area contributed by atoms with E-state index in [2.05, 4.69) is 18.7 Å². The highest BCUT2D eigenvalue weighted by Gasteiger charge is 2.30. The molecule has 1 saturated heterocycles. The number of hydrogen-bond acceptors (Lipinski definition) is 2. The zero-order chi connectivity index (χ0) is 12.0. The third-order valence-corrected chi connectivity index (χ3v) is 3.99. The van der Waals surface area contributed by atoms with Crippen molar-refractivity contribution in [2.45, 2.75) is 45.1 Å². The van der Waals surface area contributed by atoms with Crippen molar-refractivity contribution in [3.63, 3.8) is 0 Å². The highest BCUT2D eigenvalue weighted by atomic mass is 35.5. The van der Waals surface area contributed by atoms with E-state index in [1.807, 2.05) is 7.11 Å². The van der Waals surface area contributed by atoms with Crippen LogP contribution in [0.5, 0.6) is 0 Å². The van der Waals surface area contributed by atoms with E-state index >= 15 is 0 Å². The van der Waals surface area contributed by atoms with Crippen LogP contribution in [0.4, 0.5) is 0 Å². The van der Waals surface area contributed by atoms with Crippen LogP contribution in [0.1, 0.15) is 39.5 Å². The summed E-state index contributed by atoms with van der Waals surface area (Å²) in [7, 11) is 1.83. The van der Waals surface area contributed by atoms with Crippen LogP contribution in [0.3, 0.4) is 0 Å². The van der Waals surface area contributed by atoms with Gasteiger partial charge in [-0.2, -0.15) is 0 Å². The van der Waals surface area contributed by atoms with E-state index in [0.717, 1.165) is 24.8 Å². The summed E-state index contributed by atoms with van der Waals surface area (Å²) in [5, 5.41) is 0. The lowest BCUT2D eigenvalue weighted by Gasteiger charge is -2.39. The van der Waals surface area contributed by atoms with Crippen molar-refractivity contribution in [2.24, 2.45) is 5.92 Å². The molecule has 0 radical (unpaired) electrons. The van der Waals surface area contributed by atoms with Gasteiger partial charge >= 0.3 is 0 Å². The highest BCUT2D eigenvalue weighted by Crippen LogP contribution is 2.24. The fourth-order valence-electron chi connectivity index (χ4n) is 2.40. The molecule has 1 aliphatic rings. The fraction of sp³-hybridized carbons (Fsp3) is 1.00. The number of rotatable bonds is 6. The summed E-state index contributed by atoms with van der Waals surface area (Å²) in [6.45, 7) is 8.02. The number of piperidine rings is 1. The molecule has 0 bridgehead atoms. The van der Waals surface area contributed by atoms with E-state index in [9.17, 15) is 0 Å². The SMILES string of the molecule is COC1(C)CCCN(CCC(C)CCCl)C1.